The smallest absolute Gasteiger partial charge is 0.257 e. The first kappa shape index (κ1) is 14.2. The summed E-state index contributed by atoms with van der Waals surface area (Å²) in [6.07, 6.45) is 0.879. The van der Waals surface area contributed by atoms with Crippen LogP contribution in [0.1, 0.15) is 28.8 Å². The summed E-state index contributed by atoms with van der Waals surface area (Å²) in [5.74, 6) is 0.0149. The van der Waals surface area contributed by atoms with Gasteiger partial charge in [-0.05, 0) is 24.1 Å². The van der Waals surface area contributed by atoms with Gasteiger partial charge >= 0.3 is 0 Å². The van der Waals surface area contributed by atoms with E-state index in [9.17, 15) is 4.79 Å². The zero-order valence-electron chi connectivity index (χ0n) is 12.2. The molecule has 4 heteroatoms. The average molecular weight is 291 g/mol. The quantitative estimate of drug-likeness (QED) is 0.939. The standard InChI is InChI=1S/C18H17N3O/c19-12-6-11-17-20-16-10-5-4-9-15(16)18(22)21(17)13-14-7-2-1-3-8-14/h1-5,7-10,17,20H,6,11,13H2. The van der Waals surface area contributed by atoms with Gasteiger partial charge in [0, 0.05) is 18.7 Å². The second-order valence-corrected chi connectivity index (χ2v) is 5.32. The lowest BCUT2D eigenvalue weighted by atomic mass is 10.0. The number of hydrogen-bond donors (Lipinski definition) is 1. The van der Waals surface area contributed by atoms with E-state index < -0.39 is 0 Å². The molecule has 0 radical (unpaired) electrons. The number of fused-ring (bicyclic) bond motifs is 1. The minimum absolute atomic E-state index is 0.0149. The van der Waals surface area contributed by atoms with Crippen LogP contribution in [0.2, 0.25) is 0 Å². The largest absolute Gasteiger partial charge is 0.364 e. The number of benzene rings is 2. The van der Waals surface area contributed by atoms with E-state index in [0.29, 0.717) is 24.9 Å². The van der Waals surface area contributed by atoms with Gasteiger partial charge in [-0.1, -0.05) is 42.5 Å². The Morgan fingerprint density at radius 2 is 1.82 bits per heavy atom. The number of carbonyl (C=O) groups excluding carboxylic acids is 1. The summed E-state index contributed by atoms with van der Waals surface area (Å²) < 4.78 is 0. The second kappa shape index (κ2) is 6.31. The third-order valence-corrected chi connectivity index (χ3v) is 3.84. The highest BCUT2D eigenvalue weighted by Crippen LogP contribution is 2.28. The van der Waals surface area contributed by atoms with Crippen LogP contribution in [-0.2, 0) is 6.54 Å². The Labute approximate surface area is 130 Å². The fourth-order valence-electron chi connectivity index (χ4n) is 2.74. The van der Waals surface area contributed by atoms with Crippen molar-refractivity contribution >= 4 is 11.6 Å². The van der Waals surface area contributed by atoms with E-state index in [1.165, 1.54) is 0 Å². The van der Waals surface area contributed by atoms with Crippen molar-refractivity contribution in [1.82, 2.24) is 4.90 Å². The Kier molecular flexibility index (Phi) is 4.06. The van der Waals surface area contributed by atoms with Gasteiger partial charge < -0.3 is 10.2 Å². The summed E-state index contributed by atoms with van der Waals surface area (Å²) >= 11 is 0. The summed E-state index contributed by atoms with van der Waals surface area (Å²) in [7, 11) is 0. The van der Waals surface area contributed by atoms with Crippen molar-refractivity contribution in [3.63, 3.8) is 0 Å². The van der Waals surface area contributed by atoms with Gasteiger partial charge in [0.05, 0.1) is 11.6 Å². The molecule has 1 amide bonds. The number of rotatable bonds is 4. The van der Waals surface area contributed by atoms with Crippen molar-refractivity contribution in [1.29, 1.82) is 5.26 Å². The molecule has 1 heterocycles. The molecule has 0 aromatic heterocycles. The Bertz CT molecular complexity index is 706. The Morgan fingerprint density at radius 1 is 1.09 bits per heavy atom. The van der Waals surface area contributed by atoms with Crippen LogP contribution in [0.15, 0.2) is 54.6 Å². The monoisotopic (exact) mass is 291 g/mol. The number of nitriles is 1. The van der Waals surface area contributed by atoms with Crippen LogP contribution in [0.4, 0.5) is 5.69 Å². The number of carbonyl (C=O) groups is 1. The van der Waals surface area contributed by atoms with Crippen molar-refractivity contribution in [3.05, 3.63) is 65.7 Å². The molecular weight excluding hydrogens is 274 g/mol. The molecule has 1 aliphatic heterocycles. The molecule has 3 rings (SSSR count). The number of hydrogen-bond acceptors (Lipinski definition) is 3. The summed E-state index contributed by atoms with van der Waals surface area (Å²) in [6, 6.07) is 19.6. The Morgan fingerprint density at radius 3 is 2.59 bits per heavy atom. The molecule has 2 aromatic rings. The number of anilines is 1. The minimum Gasteiger partial charge on any atom is -0.364 e. The van der Waals surface area contributed by atoms with Crippen molar-refractivity contribution in [3.8, 4) is 6.07 Å². The molecule has 0 saturated heterocycles. The predicted octanol–water partition coefficient (Wildman–Crippen LogP) is 3.38. The first-order chi connectivity index (χ1) is 10.8. The third kappa shape index (κ3) is 2.79. The van der Waals surface area contributed by atoms with E-state index in [1.54, 1.807) is 0 Å². The number of amides is 1. The fraction of sp³-hybridized carbons (Fsp3) is 0.222. The van der Waals surface area contributed by atoms with Crippen LogP contribution in [-0.4, -0.2) is 17.0 Å². The van der Waals surface area contributed by atoms with Crippen LogP contribution in [0.3, 0.4) is 0 Å². The lowest BCUT2D eigenvalue weighted by Gasteiger charge is -2.37. The lowest BCUT2D eigenvalue weighted by Crippen LogP contribution is -2.48. The molecule has 22 heavy (non-hydrogen) atoms. The first-order valence-electron chi connectivity index (χ1n) is 7.37. The predicted molar refractivity (Wildman–Crippen MR) is 85.0 cm³/mol. The van der Waals surface area contributed by atoms with Crippen molar-refractivity contribution in [2.45, 2.75) is 25.6 Å². The Balaban J connectivity index is 1.90. The summed E-state index contributed by atoms with van der Waals surface area (Å²) in [6.45, 7) is 0.539. The number of para-hydroxylation sites is 1. The first-order valence-corrected chi connectivity index (χ1v) is 7.37. The van der Waals surface area contributed by atoms with Gasteiger partial charge in [-0.25, -0.2) is 0 Å². The van der Waals surface area contributed by atoms with Crippen LogP contribution >= 0.6 is 0 Å². The molecule has 0 saturated carbocycles. The van der Waals surface area contributed by atoms with Gasteiger partial charge in [-0.3, -0.25) is 4.79 Å². The molecule has 0 fully saturated rings. The number of nitrogens with one attached hydrogen (secondary N) is 1. The van der Waals surface area contributed by atoms with Crippen molar-refractivity contribution < 1.29 is 4.79 Å². The van der Waals surface area contributed by atoms with Crippen LogP contribution in [0, 0.1) is 11.3 Å². The topological polar surface area (TPSA) is 56.1 Å². The van der Waals surface area contributed by atoms with E-state index in [4.69, 9.17) is 5.26 Å². The van der Waals surface area contributed by atoms with E-state index >= 15 is 0 Å². The van der Waals surface area contributed by atoms with E-state index in [0.717, 1.165) is 11.3 Å². The molecule has 0 spiro atoms. The second-order valence-electron chi connectivity index (χ2n) is 5.32. The maximum atomic E-state index is 12.8. The molecule has 0 aliphatic carbocycles. The minimum atomic E-state index is -0.151. The zero-order chi connectivity index (χ0) is 15.4. The molecule has 1 unspecified atom stereocenters. The molecular formula is C18H17N3O. The fourth-order valence-corrected chi connectivity index (χ4v) is 2.74. The van der Waals surface area contributed by atoms with Gasteiger partial charge in [0.15, 0.2) is 0 Å². The maximum absolute atomic E-state index is 12.8. The highest BCUT2D eigenvalue weighted by molar-refractivity contribution is 6.01. The summed E-state index contributed by atoms with van der Waals surface area (Å²) in [5.41, 5.74) is 2.62. The molecule has 1 aliphatic rings. The van der Waals surface area contributed by atoms with Gasteiger partial charge in [0.25, 0.3) is 5.91 Å². The molecule has 0 bridgehead atoms. The van der Waals surface area contributed by atoms with E-state index in [1.807, 2.05) is 59.5 Å². The highest BCUT2D eigenvalue weighted by atomic mass is 16.2. The SMILES string of the molecule is N#CCCC1Nc2ccccc2C(=O)N1Cc1ccccc1. The van der Waals surface area contributed by atoms with E-state index in [-0.39, 0.29) is 12.1 Å². The number of nitrogens with zero attached hydrogens (tertiary/aromatic N) is 2. The Hall–Kier alpha value is -2.80. The average Bonchev–Trinajstić information content (AvgIpc) is 2.57. The molecule has 2 aromatic carbocycles. The van der Waals surface area contributed by atoms with Crippen LogP contribution in [0.5, 0.6) is 0 Å². The normalized spacial score (nSPS) is 16.6. The molecule has 4 nitrogen and oxygen atoms in total. The van der Waals surface area contributed by atoms with Gasteiger partial charge in [0.1, 0.15) is 6.17 Å². The third-order valence-electron chi connectivity index (χ3n) is 3.84. The van der Waals surface area contributed by atoms with E-state index in [2.05, 4.69) is 11.4 Å². The summed E-state index contributed by atoms with van der Waals surface area (Å²) in [4.78, 5) is 14.6. The van der Waals surface area contributed by atoms with Gasteiger partial charge in [-0.15, -0.1) is 0 Å². The maximum Gasteiger partial charge on any atom is 0.257 e. The van der Waals surface area contributed by atoms with Crippen LogP contribution < -0.4 is 5.32 Å². The van der Waals surface area contributed by atoms with Gasteiger partial charge in [0.2, 0.25) is 0 Å². The van der Waals surface area contributed by atoms with Crippen molar-refractivity contribution in [2.75, 3.05) is 5.32 Å². The van der Waals surface area contributed by atoms with Crippen molar-refractivity contribution in [2.24, 2.45) is 0 Å². The molecule has 110 valence electrons. The molecule has 1 atom stereocenters. The van der Waals surface area contributed by atoms with Crippen LogP contribution in [0.25, 0.3) is 0 Å². The summed E-state index contributed by atoms with van der Waals surface area (Å²) in [5, 5.41) is 12.2. The lowest BCUT2D eigenvalue weighted by molar-refractivity contribution is 0.0661. The highest BCUT2D eigenvalue weighted by Gasteiger charge is 2.31. The molecule has 1 N–H and O–H groups in total. The van der Waals surface area contributed by atoms with Gasteiger partial charge in [-0.2, -0.15) is 5.26 Å². The zero-order valence-corrected chi connectivity index (χ0v) is 12.2.